The molecule has 2 atom stereocenters. The van der Waals surface area contributed by atoms with Gasteiger partial charge in [0, 0.05) is 11.1 Å². The summed E-state index contributed by atoms with van der Waals surface area (Å²) in [7, 11) is 1.70. The maximum absolute atomic E-state index is 5.43. The first-order chi connectivity index (χ1) is 16.7. The molecule has 0 bridgehead atoms. The number of hydrazine groups is 2. The molecule has 2 aliphatic heterocycles. The fourth-order valence-electron chi connectivity index (χ4n) is 5.01. The number of hydrogen-bond acceptors (Lipinski definition) is 6. The summed E-state index contributed by atoms with van der Waals surface area (Å²) in [6.45, 7) is 4.40. The SMILES string of the molecule is COc1ccc(-c2c3c(nc4c2C(C)NN4c2ccccc2)N(c2ccccc2)NC3C)cc1. The molecule has 34 heavy (non-hydrogen) atoms. The average molecular weight is 450 g/mol. The molecular formula is C28H27N5O. The molecule has 0 fully saturated rings. The largest absolute Gasteiger partial charge is 0.497 e. The Morgan fingerprint density at radius 3 is 1.59 bits per heavy atom. The van der Waals surface area contributed by atoms with Crippen LogP contribution in [0.3, 0.4) is 0 Å². The number of rotatable bonds is 4. The van der Waals surface area contributed by atoms with Crippen LogP contribution in [0.5, 0.6) is 5.75 Å². The summed E-state index contributed by atoms with van der Waals surface area (Å²) >= 11 is 0. The summed E-state index contributed by atoms with van der Waals surface area (Å²) in [4.78, 5) is 5.27. The summed E-state index contributed by atoms with van der Waals surface area (Å²) in [6, 6.07) is 29.2. The standard InChI is InChI=1S/C28H27N5O/c1-18-24-26(20-14-16-23(34-3)17-15-20)25-19(2)31-33(22-12-8-5-9-13-22)28(25)29-27(24)32(30-18)21-10-6-4-7-11-21/h4-19,30-31H,1-3H3. The number of pyridine rings is 1. The van der Waals surface area contributed by atoms with Crippen molar-refractivity contribution in [1.29, 1.82) is 0 Å². The molecule has 0 aliphatic carbocycles. The lowest BCUT2D eigenvalue weighted by molar-refractivity contribution is 0.415. The number of aromatic nitrogens is 1. The maximum Gasteiger partial charge on any atom is 0.155 e. The Bertz CT molecular complexity index is 1250. The molecule has 0 spiro atoms. The first-order valence-electron chi connectivity index (χ1n) is 11.6. The van der Waals surface area contributed by atoms with Crippen molar-refractivity contribution in [1.82, 2.24) is 15.8 Å². The van der Waals surface area contributed by atoms with Gasteiger partial charge < -0.3 is 4.74 Å². The lowest BCUT2D eigenvalue weighted by Gasteiger charge is -2.22. The zero-order chi connectivity index (χ0) is 23.2. The average Bonchev–Trinajstić information content (AvgIpc) is 3.41. The van der Waals surface area contributed by atoms with E-state index in [-0.39, 0.29) is 12.1 Å². The Balaban J connectivity index is 1.62. The number of anilines is 4. The molecule has 3 aromatic carbocycles. The Kier molecular flexibility index (Phi) is 4.98. The number of nitrogens with one attached hydrogen (secondary N) is 2. The molecule has 6 nitrogen and oxygen atoms in total. The summed E-state index contributed by atoms with van der Waals surface area (Å²) in [6.07, 6.45) is 0. The predicted octanol–water partition coefficient (Wildman–Crippen LogP) is 6.19. The van der Waals surface area contributed by atoms with Gasteiger partial charge in [-0.15, -0.1) is 0 Å². The van der Waals surface area contributed by atoms with Gasteiger partial charge in [-0.2, -0.15) is 0 Å². The van der Waals surface area contributed by atoms with Crippen LogP contribution in [0.25, 0.3) is 11.1 Å². The zero-order valence-corrected chi connectivity index (χ0v) is 19.5. The fourth-order valence-corrected chi connectivity index (χ4v) is 5.01. The minimum atomic E-state index is 0.100. The smallest absolute Gasteiger partial charge is 0.155 e. The third-order valence-electron chi connectivity index (χ3n) is 6.57. The highest BCUT2D eigenvalue weighted by molar-refractivity contribution is 5.87. The van der Waals surface area contributed by atoms with E-state index in [4.69, 9.17) is 9.72 Å². The van der Waals surface area contributed by atoms with Crippen LogP contribution in [-0.4, -0.2) is 12.1 Å². The number of hydrogen-bond donors (Lipinski definition) is 2. The molecule has 6 heteroatoms. The molecule has 1 aromatic heterocycles. The molecule has 0 saturated heterocycles. The van der Waals surface area contributed by atoms with Gasteiger partial charge in [0.2, 0.25) is 0 Å². The van der Waals surface area contributed by atoms with Gasteiger partial charge in [-0.3, -0.25) is 10.0 Å². The van der Waals surface area contributed by atoms with E-state index in [1.54, 1.807) is 7.11 Å². The van der Waals surface area contributed by atoms with Crippen molar-refractivity contribution >= 4 is 23.0 Å². The van der Waals surface area contributed by atoms with E-state index in [1.165, 1.54) is 16.7 Å². The number of benzene rings is 3. The lowest BCUT2D eigenvalue weighted by Crippen LogP contribution is -2.30. The van der Waals surface area contributed by atoms with Crippen molar-refractivity contribution in [3.05, 3.63) is 96.1 Å². The van der Waals surface area contributed by atoms with E-state index in [9.17, 15) is 0 Å². The highest BCUT2D eigenvalue weighted by Gasteiger charge is 2.39. The van der Waals surface area contributed by atoms with Crippen LogP contribution in [0.15, 0.2) is 84.9 Å². The minimum absolute atomic E-state index is 0.100. The summed E-state index contributed by atoms with van der Waals surface area (Å²) in [5.74, 6) is 2.71. The van der Waals surface area contributed by atoms with Crippen LogP contribution in [0.4, 0.5) is 23.0 Å². The van der Waals surface area contributed by atoms with Crippen LogP contribution >= 0.6 is 0 Å². The predicted molar refractivity (Wildman–Crippen MR) is 136 cm³/mol. The van der Waals surface area contributed by atoms with E-state index in [0.29, 0.717) is 0 Å². The van der Waals surface area contributed by atoms with Gasteiger partial charge in [0.25, 0.3) is 0 Å². The highest BCUT2D eigenvalue weighted by atomic mass is 16.5. The number of nitrogens with zero attached hydrogens (tertiary/aromatic N) is 3. The molecular weight excluding hydrogens is 422 g/mol. The zero-order valence-electron chi connectivity index (χ0n) is 19.5. The van der Waals surface area contributed by atoms with Gasteiger partial charge in [0.1, 0.15) is 5.75 Å². The Hall–Kier alpha value is -3.87. The first-order valence-corrected chi connectivity index (χ1v) is 11.6. The monoisotopic (exact) mass is 449 g/mol. The van der Waals surface area contributed by atoms with Gasteiger partial charge in [0.15, 0.2) is 11.6 Å². The second-order valence-corrected chi connectivity index (χ2v) is 8.73. The lowest BCUT2D eigenvalue weighted by atomic mass is 9.90. The quantitative estimate of drug-likeness (QED) is 0.387. The third-order valence-corrected chi connectivity index (χ3v) is 6.57. The fraction of sp³-hybridized carbons (Fsp3) is 0.179. The summed E-state index contributed by atoms with van der Waals surface area (Å²) in [5.41, 5.74) is 14.2. The normalized spacial score (nSPS) is 18.7. The van der Waals surface area contributed by atoms with Gasteiger partial charge >= 0.3 is 0 Å². The molecule has 3 heterocycles. The van der Waals surface area contributed by atoms with E-state index in [2.05, 4.69) is 95.4 Å². The molecule has 2 aliphatic rings. The molecule has 2 N–H and O–H groups in total. The van der Waals surface area contributed by atoms with E-state index in [0.717, 1.165) is 34.3 Å². The second-order valence-electron chi connectivity index (χ2n) is 8.73. The van der Waals surface area contributed by atoms with Crippen molar-refractivity contribution < 1.29 is 4.74 Å². The molecule has 170 valence electrons. The number of para-hydroxylation sites is 2. The van der Waals surface area contributed by atoms with Crippen LogP contribution in [0.2, 0.25) is 0 Å². The van der Waals surface area contributed by atoms with Gasteiger partial charge in [0.05, 0.1) is 30.6 Å². The maximum atomic E-state index is 5.43. The Labute approximate surface area is 199 Å². The topological polar surface area (TPSA) is 52.7 Å². The molecule has 4 aromatic rings. The van der Waals surface area contributed by atoms with Gasteiger partial charge in [-0.1, -0.05) is 48.5 Å². The third kappa shape index (κ3) is 3.22. The second kappa shape index (κ2) is 8.17. The van der Waals surface area contributed by atoms with Crippen molar-refractivity contribution in [3.8, 4) is 16.9 Å². The summed E-state index contributed by atoms with van der Waals surface area (Å²) < 4.78 is 5.43. The number of ether oxygens (including phenoxy) is 1. The van der Waals surface area contributed by atoms with Crippen molar-refractivity contribution in [2.75, 3.05) is 17.1 Å². The minimum Gasteiger partial charge on any atom is -0.497 e. The van der Waals surface area contributed by atoms with Gasteiger partial charge in [-0.05, 0) is 61.4 Å². The molecule has 6 rings (SSSR count). The van der Waals surface area contributed by atoms with Crippen molar-refractivity contribution in [3.63, 3.8) is 0 Å². The number of fused-ring (bicyclic) bond motifs is 2. The molecule has 2 unspecified atom stereocenters. The molecule has 0 amide bonds. The van der Waals surface area contributed by atoms with Crippen LogP contribution in [0, 0.1) is 0 Å². The van der Waals surface area contributed by atoms with Crippen LogP contribution in [-0.2, 0) is 0 Å². The van der Waals surface area contributed by atoms with Crippen molar-refractivity contribution in [2.24, 2.45) is 0 Å². The van der Waals surface area contributed by atoms with E-state index < -0.39 is 0 Å². The van der Waals surface area contributed by atoms with E-state index in [1.807, 2.05) is 24.3 Å². The summed E-state index contributed by atoms with van der Waals surface area (Å²) in [5, 5.41) is 4.22. The van der Waals surface area contributed by atoms with Crippen molar-refractivity contribution in [2.45, 2.75) is 25.9 Å². The molecule has 0 radical (unpaired) electrons. The van der Waals surface area contributed by atoms with Gasteiger partial charge in [-0.25, -0.2) is 15.8 Å². The molecule has 0 saturated carbocycles. The van der Waals surface area contributed by atoms with Crippen LogP contribution < -0.4 is 25.6 Å². The van der Waals surface area contributed by atoms with Crippen LogP contribution in [0.1, 0.15) is 37.1 Å². The highest BCUT2D eigenvalue weighted by Crippen LogP contribution is 2.50. The Morgan fingerprint density at radius 1 is 0.676 bits per heavy atom. The first kappa shape index (κ1) is 20.7. The Morgan fingerprint density at radius 2 is 1.15 bits per heavy atom. The van der Waals surface area contributed by atoms with E-state index >= 15 is 0 Å². The number of methoxy groups -OCH3 is 1.